The number of hydrogen-bond acceptors (Lipinski definition) is 4. The minimum absolute atomic E-state index is 0.0539. The Morgan fingerprint density at radius 3 is 2.18 bits per heavy atom. The quantitative estimate of drug-likeness (QED) is 0.569. The Kier molecular flexibility index (Phi) is 7.53. The van der Waals surface area contributed by atoms with Gasteiger partial charge in [0.15, 0.2) is 5.11 Å². The van der Waals surface area contributed by atoms with Crippen molar-refractivity contribution in [3.05, 3.63) is 52.0 Å². The number of methoxy groups -OCH3 is 1. The number of hydrogen-bond donors (Lipinski definition) is 3. The molecule has 2 rings (SSSR count). The number of nitrogens with one attached hydrogen (secondary N) is 3. The average Bonchev–Trinajstić information content (AvgIpc) is 2.62. The van der Waals surface area contributed by atoms with E-state index in [4.69, 9.17) is 17.0 Å². The summed E-state index contributed by atoms with van der Waals surface area (Å²) in [5.74, 6) is -0.0330. The number of aryl methyl sites for hydroxylation is 1. The zero-order valence-electron chi connectivity index (χ0n) is 16.1. The fraction of sp³-hybridized carbons (Fsp3) is 0.250. The molecular weight excluding hydrogens is 442 g/mol. The van der Waals surface area contributed by atoms with Crippen LogP contribution >= 0.6 is 28.1 Å². The highest BCUT2D eigenvalue weighted by Gasteiger charge is 2.17. The maximum absolute atomic E-state index is 12.6. The number of ether oxygens (including phenoxy) is 1. The third kappa shape index (κ3) is 5.77. The predicted molar refractivity (Wildman–Crippen MR) is 119 cm³/mol. The normalized spacial score (nSPS) is 10.4. The van der Waals surface area contributed by atoms with Gasteiger partial charge in [-0.15, -0.1) is 0 Å². The summed E-state index contributed by atoms with van der Waals surface area (Å²) in [6, 6.07) is 10.6. The fourth-order valence-corrected chi connectivity index (χ4v) is 3.21. The molecule has 3 N–H and O–H groups in total. The van der Waals surface area contributed by atoms with Crippen molar-refractivity contribution in [2.75, 3.05) is 17.7 Å². The Balaban J connectivity index is 2.02. The Hall–Kier alpha value is -2.45. The van der Waals surface area contributed by atoms with Crippen LogP contribution in [0, 0.1) is 12.8 Å². The van der Waals surface area contributed by atoms with Crippen LogP contribution in [0.25, 0.3) is 0 Å². The molecule has 0 bridgehead atoms. The Labute approximate surface area is 178 Å². The molecule has 0 fully saturated rings. The Morgan fingerprint density at radius 2 is 1.64 bits per heavy atom. The van der Waals surface area contributed by atoms with Gasteiger partial charge in [-0.05, 0) is 61.1 Å². The SMILES string of the molecule is COc1c(C)cc(Br)cc1C(=O)NC(=S)Nc1ccc(NC(=O)C(C)C)cc1. The molecule has 0 saturated heterocycles. The third-order valence-corrected chi connectivity index (χ3v) is 4.51. The summed E-state index contributed by atoms with van der Waals surface area (Å²) in [5.41, 5.74) is 2.59. The summed E-state index contributed by atoms with van der Waals surface area (Å²) >= 11 is 8.61. The Morgan fingerprint density at radius 1 is 1.07 bits per heavy atom. The van der Waals surface area contributed by atoms with Gasteiger partial charge in [0, 0.05) is 21.8 Å². The number of anilines is 2. The zero-order valence-corrected chi connectivity index (χ0v) is 18.5. The molecule has 0 aromatic heterocycles. The lowest BCUT2D eigenvalue weighted by atomic mass is 10.1. The van der Waals surface area contributed by atoms with E-state index < -0.39 is 0 Å². The van der Waals surface area contributed by atoms with Gasteiger partial charge >= 0.3 is 0 Å². The zero-order chi connectivity index (χ0) is 20.8. The van der Waals surface area contributed by atoms with Crippen molar-refractivity contribution in [1.29, 1.82) is 0 Å². The van der Waals surface area contributed by atoms with Gasteiger partial charge in [0.05, 0.1) is 12.7 Å². The van der Waals surface area contributed by atoms with E-state index in [9.17, 15) is 9.59 Å². The highest BCUT2D eigenvalue weighted by Crippen LogP contribution is 2.27. The van der Waals surface area contributed by atoms with E-state index in [0.717, 1.165) is 10.0 Å². The van der Waals surface area contributed by atoms with Gasteiger partial charge in [0.2, 0.25) is 5.91 Å². The van der Waals surface area contributed by atoms with Crippen LogP contribution in [0.15, 0.2) is 40.9 Å². The number of benzene rings is 2. The van der Waals surface area contributed by atoms with Crippen molar-refractivity contribution in [1.82, 2.24) is 5.32 Å². The lowest BCUT2D eigenvalue weighted by molar-refractivity contribution is -0.118. The molecule has 2 aromatic rings. The average molecular weight is 464 g/mol. The molecule has 8 heteroatoms. The van der Waals surface area contributed by atoms with Gasteiger partial charge in [-0.3, -0.25) is 14.9 Å². The second kappa shape index (κ2) is 9.66. The molecular formula is C20H22BrN3O3S. The maximum Gasteiger partial charge on any atom is 0.261 e. The first-order valence-electron chi connectivity index (χ1n) is 8.58. The highest BCUT2D eigenvalue weighted by atomic mass is 79.9. The number of carbonyl (C=O) groups is 2. The smallest absolute Gasteiger partial charge is 0.261 e. The standard InChI is InChI=1S/C20H22BrN3O3S/c1-11(2)18(25)22-14-5-7-15(8-6-14)23-20(28)24-19(26)16-10-13(21)9-12(3)17(16)27-4/h5-11H,1-4H3,(H,22,25)(H2,23,24,26,28). The van der Waals surface area contributed by atoms with Crippen LogP contribution in [-0.4, -0.2) is 24.0 Å². The van der Waals surface area contributed by atoms with Crippen LogP contribution in [0.2, 0.25) is 0 Å². The van der Waals surface area contributed by atoms with Gasteiger partial charge in [-0.2, -0.15) is 0 Å². The number of halogens is 1. The van der Waals surface area contributed by atoms with Crippen LogP contribution in [0.5, 0.6) is 5.75 Å². The number of thiocarbonyl (C=S) groups is 1. The molecule has 0 spiro atoms. The molecule has 0 atom stereocenters. The predicted octanol–water partition coefficient (Wildman–Crippen LogP) is 4.49. The third-order valence-electron chi connectivity index (χ3n) is 3.85. The van der Waals surface area contributed by atoms with E-state index >= 15 is 0 Å². The summed E-state index contributed by atoms with van der Waals surface area (Å²) in [6.07, 6.45) is 0. The van der Waals surface area contributed by atoms with Crippen LogP contribution in [-0.2, 0) is 4.79 Å². The summed E-state index contributed by atoms with van der Waals surface area (Å²) < 4.78 is 6.11. The molecule has 0 unspecified atom stereocenters. The molecule has 28 heavy (non-hydrogen) atoms. The summed E-state index contributed by atoms with van der Waals surface area (Å²) in [6.45, 7) is 5.51. The minimum atomic E-state index is -0.375. The van der Waals surface area contributed by atoms with Gasteiger partial charge in [-0.25, -0.2) is 0 Å². The van der Waals surface area contributed by atoms with Crippen LogP contribution in [0.3, 0.4) is 0 Å². The molecule has 2 amide bonds. The molecule has 0 aliphatic rings. The molecule has 0 aliphatic carbocycles. The summed E-state index contributed by atoms with van der Waals surface area (Å²) in [5, 5.41) is 8.56. The van der Waals surface area contributed by atoms with Crippen molar-refractivity contribution in [2.45, 2.75) is 20.8 Å². The van der Waals surface area contributed by atoms with Crippen molar-refractivity contribution >= 4 is 56.4 Å². The molecule has 0 radical (unpaired) electrons. The molecule has 2 aromatic carbocycles. The lowest BCUT2D eigenvalue weighted by Gasteiger charge is -2.14. The first kappa shape index (κ1) is 21.8. The Bertz CT molecular complexity index is 898. The van der Waals surface area contributed by atoms with Gasteiger partial charge in [-0.1, -0.05) is 29.8 Å². The first-order chi connectivity index (χ1) is 13.2. The van der Waals surface area contributed by atoms with Gasteiger partial charge < -0.3 is 15.4 Å². The number of carbonyl (C=O) groups excluding carboxylic acids is 2. The molecule has 0 aliphatic heterocycles. The number of rotatable bonds is 5. The van der Waals surface area contributed by atoms with E-state index in [1.807, 2.05) is 26.8 Å². The van der Waals surface area contributed by atoms with Crippen molar-refractivity contribution < 1.29 is 14.3 Å². The minimum Gasteiger partial charge on any atom is -0.496 e. The maximum atomic E-state index is 12.6. The van der Waals surface area contributed by atoms with E-state index in [1.165, 1.54) is 7.11 Å². The second-order valence-corrected chi connectivity index (χ2v) is 7.76. The monoisotopic (exact) mass is 463 g/mol. The molecule has 0 heterocycles. The second-order valence-electron chi connectivity index (χ2n) is 6.43. The topological polar surface area (TPSA) is 79.5 Å². The molecule has 148 valence electrons. The lowest BCUT2D eigenvalue weighted by Crippen LogP contribution is -2.34. The summed E-state index contributed by atoms with van der Waals surface area (Å²) in [7, 11) is 1.52. The van der Waals surface area contributed by atoms with Gasteiger partial charge in [0.1, 0.15) is 5.75 Å². The van der Waals surface area contributed by atoms with E-state index in [1.54, 1.807) is 30.3 Å². The van der Waals surface area contributed by atoms with Crippen LogP contribution < -0.4 is 20.7 Å². The largest absolute Gasteiger partial charge is 0.496 e. The van der Waals surface area contributed by atoms with E-state index in [2.05, 4.69) is 31.9 Å². The van der Waals surface area contributed by atoms with Crippen LogP contribution in [0.1, 0.15) is 29.8 Å². The van der Waals surface area contributed by atoms with E-state index in [0.29, 0.717) is 22.7 Å². The molecule has 6 nitrogen and oxygen atoms in total. The van der Waals surface area contributed by atoms with Crippen molar-refractivity contribution in [3.8, 4) is 5.75 Å². The van der Waals surface area contributed by atoms with Crippen molar-refractivity contribution in [3.63, 3.8) is 0 Å². The van der Waals surface area contributed by atoms with Crippen molar-refractivity contribution in [2.24, 2.45) is 5.92 Å². The van der Waals surface area contributed by atoms with Gasteiger partial charge in [0.25, 0.3) is 5.91 Å². The van der Waals surface area contributed by atoms with E-state index in [-0.39, 0.29) is 22.8 Å². The molecule has 0 saturated carbocycles. The first-order valence-corrected chi connectivity index (χ1v) is 9.78. The fourth-order valence-electron chi connectivity index (χ4n) is 2.43. The van der Waals surface area contributed by atoms with Crippen LogP contribution in [0.4, 0.5) is 11.4 Å². The highest BCUT2D eigenvalue weighted by molar-refractivity contribution is 9.10. The number of amides is 2. The summed E-state index contributed by atoms with van der Waals surface area (Å²) in [4.78, 5) is 24.3.